The van der Waals surface area contributed by atoms with Gasteiger partial charge in [-0.25, -0.2) is 4.98 Å². The lowest BCUT2D eigenvalue weighted by Gasteiger charge is -2.37. The highest BCUT2D eigenvalue weighted by Crippen LogP contribution is 2.29. The second-order valence-electron chi connectivity index (χ2n) is 7.94. The van der Waals surface area contributed by atoms with Crippen molar-refractivity contribution in [3.05, 3.63) is 47.3 Å². The first kappa shape index (κ1) is 18.6. The Bertz CT molecular complexity index is 1050. The number of aromatic nitrogens is 3. The van der Waals surface area contributed by atoms with Gasteiger partial charge >= 0.3 is 0 Å². The molecular weight excluding hydrogens is 350 g/mol. The third-order valence-corrected chi connectivity index (χ3v) is 5.98. The molecule has 6 heteroatoms. The number of carbonyl (C=O) groups excluding carboxylic acids is 1. The molecule has 3 aromatic rings. The lowest BCUT2D eigenvalue weighted by atomic mass is 9.99. The average molecular weight is 377 g/mol. The van der Waals surface area contributed by atoms with E-state index in [1.807, 2.05) is 30.3 Å². The minimum absolute atomic E-state index is 0.0840. The van der Waals surface area contributed by atoms with Crippen molar-refractivity contribution >= 4 is 16.8 Å². The molecule has 2 aromatic heterocycles. The second kappa shape index (κ2) is 7.02. The summed E-state index contributed by atoms with van der Waals surface area (Å²) in [6.45, 7) is 8.70. The van der Waals surface area contributed by atoms with E-state index >= 15 is 0 Å². The van der Waals surface area contributed by atoms with Gasteiger partial charge in [0.25, 0.3) is 5.91 Å². The molecule has 0 N–H and O–H groups in total. The van der Waals surface area contributed by atoms with Crippen molar-refractivity contribution in [1.82, 2.24) is 24.6 Å². The van der Waals surface area contributed by atoms with Crippen LogP contribution in [0, 0.1) is 13.8 Å². The van der Waals surface area contributed by atoms with Crippen molar-refractivity contribution in [2.24, 2.45) is 7.05 Å². The smallest absolute Gasteiger partial charge is 0.254 e. The normalized spacial score (nSPS) is 18.0. The lowest BCUT2D eigenvalue weighted by molar-refractivity contribution is 0.0574. The molecule has 1 atom stereocenters. The summed E-state index contributed by atoms with van der Waals surface area (Å²) < 4.78 is 1.76. The van der Waals surface area contributed by atoms with E-state index in [1.165, 1.54) is 5.56 Å². The molecule has 1 fully saturated rings. The van der Waals surface area contributed by atoms with Crippen molar-refractivity contribution in [2.75, 3.05) is 26.7 Å². The molecule has 0 bridgehead atoms. The summed E-state index contributed by atoms with van der Waals surface area (Å²) in [6, 6.07) is 6.39. The summed E-state index contributed by atoms with van der Waals surface area (Å²) in [7, 11) is 4.00. The maximum atomic E-state index is 13.5. The predicted octanol–water partition coefficient (Wildman–Crippen LogP) is 3.03. The monoisotopic (exact) mass is 377 g/mol. The Morgan fingerprint density at radius 2 is 1.96 bits per heavy atom. The zero-order chi connectivity index (χ0) is 20.0. The number of hydrogen-bond donors (Lipinski definition) is 0. The van der Waals surface area contributed by atoms with E-state index in [0.29, 0.717) is 6.04 Å². The van der Waals surface area contributed by atoms with Gasteiger partial charge in [-0.05, 0) is 45.0 Å². The molecule has 28 heavy (non-hydrogen) atoms. The Morgan fingerprint density at radius 3 is 2.64 bits per heavy atom. The van der Waals surface area contributed by atoms with Crippen LogP contribution in [0.3, 0.4) is 0 Å². The van der Waals surface area contributed by atoms with Crippen LogP contribution in [0.2, 0.25) is 0 Å². The number of piperazine rings is 1. The highest BCUT2D eigenvalue weighted by atomic mass is 16.2. The molecule has 4 rings (SSSR count). The summed E-state index contributed by atoms with van der Waals surface area (Å²) in [4.78, 5) is 22.7. The number of rotatable bonds is 2. The number of amides is 1. The highest BCUT2D eigenvalue weighted by Gasteiger charge is 2.27. The van der Waals surface area contributed by atoms with Crippen LogP contribution in [-0.4, -0.2) is 63.2 Å². The summed E-state index contributed by atoms with van der Waals surface area (Å²) in [6.07, 6.45) is 3.73. The van der Waals surface area contributed by atoms with E-state index in [2.05, 4.69) is 43.9 Å². The lowest BCUT2D eigenvalue weighted by Crippen LogP contribution is -2.52. The van der Waals surface area contributed by atoms with Crippen molar-refractivity contribution in [3.8, 4) is 11.3 Å². The van der Waals surface area contributed by atoms with Gasteiger partial charge in [0.15, 0.2) is 0 Å². The van der Waals surface area contributed by atoms with Gasteiger partial charge in [-0.15, -0.1) is 0 Å². The summed E-state index contributed by atoms with van der Waals surface area (Å²) >= 11 is 0. The molecule has 0 unspecified atom stereocenters. The number of benzene rings is 1. The minimum atomic E-state index is 0.0840. The Kier molecular flexibility index (Phi) is 4.67. The first-order chi connectivity index (χ1) is 13.3. The Labute approximate surface area is 165 Å². The van der Waals surface area contributed by atoms with Crippen molar-refractivity contribution in [1.29, 1.82) is 0 Å². The summed E-state index contributed by atoms with van der Waals surface area (Å²) in [5, 5.41) is 5.19. The van der Waals surface area contributed by atoms with Crippen LogP contribution in [-0.2, 0) is 7.05 Å². The standard InChI is InChI=1S/C22H27N5O/c1-14-6-7-18-19(22(28)27-9-8-25(4)15(2)12-27)10-20(24-21(18)16(14)3)17-11-23-26(5)13-17/h6-7,10-11,13,15H,8-9,12H2,1-5H3/t15-/m0/s1. The molecule has 1 amide bonds. The van der Waals surface area contributed by atoms with Gasteiger partial charge < -0.3 is 9.80 Å². The number of fused-ring (bicyclic) bond motifs is 1. The maximum Gasteiger partial charge on any atom is 0.254 e. The molecule has 1 aliphatic rings. The van der Waals surface area contributed by atoms with E-state index in [0.717, 1.165) is 52.9 Å². The van der Waals surface area contributed by atoms with E-state index in [-0.39, 0.29) is 5.91 Å². The molecule has 6 nitrogen and oxygen atoms in total. The Balaban J connectivity index is 1.86. The van der Waals surface area contributed by atoms with Crippen molar-refractivity contribution in [2.45, 2.75) is 26.8 Å². The minimum Gasteiger partial charge on any atom is -0.336 e. The van der Waals surface area contributed by atoms with Gasteiger partial charge in [0.2, 0.25) is 0 Å². The summed E-state index contributed by atoms with van der Waals surface area (Å²) in [5.41, 5.74) is 5.63. The van der Waals surface area contributed by atoms with E-state index in [4.69, 9.17) is 4.98 Å². The van der Waals surface area contributed by atoms with Crippen LogP contribution in [0.5, 0.6) is 0 Å². The fourth-order valence-electron chi connectivity index (χ4n) is 3.81. The van der Waals surface area contributed by atoms with Crippen LogP contribution in [0.1, 0.15) is 28.4 Å². The molecule has 3 heterocycles. The van der Waals surface area contributed by atoms with Crippen LogP contribution in [0.15, 0.2) is 30.6 Å². The molecular formula is C22H27N5O. The largest absolute Gasteiger partial charge is 0.336 e. The van der Waals surface area contributed by atoms with E-state index < -0.39 is 0 Å². The second-order valence-corrected chi connectivity index (χ2v) is 7.94. The molecule has 146 valence electrons. The molecule has 1 aliphatic heterocycles. The molecule has 1 saturated heterocycles. The van der Waals surface area contributed by atoms with Crippen LogP contribution < -0.4 is 0 Å². The molecule has 0 saturated carbocycles. The molecule has 0 aliphatic carbocycles. The number of likely N-dealkylation sites (N-methyl/N-ethyl adjacent to an activating group) is 1. The quantitative estimate of drug-likeness (QED) is 0.689. The van der Waals surface area contributed by atoms with Crippen molar-refractivity contribution < 1.29 is 4.79 Å². The fraction of sp³-hybridized carbons (Fsp3) is 0.409. The maximum absolute atomic E-state index is 13.5. The van der Waals surface area contributed by atoms with E-state index in [1.54, 1.807) is 10.9 Å². The number of carbonyl (C=O) groups is 1. The van der Waals surface area contributed by atoms with Gasteiger partial charge in [-0.3, -0.25) is 9.48 Å². The fourth-order valence-corrected chi connectivity index (χ4v) is 3.81. The highest BCUT2D eigenvalue weighted by molar-refractivity contribution is 6.08. The number of nitrogens with zero attached hydrogens (tertiary/aromatic N) is 5. The van der Waals surface area contributed by atoms with Gasteiger partial charge in [-0.2, -0.15) is 5.10 Å². The molecule has 1 aromatic carbocycles. The Morgan fingerprint density at radius 1 is 1.18 bits per heavy atom. The third kappa shape index (κ3) is 3.18. The first-order valence-electron chi connectivity index (χ1n) is 9.74. The van der Waals surface area contributed by atoms with Gasteiger partial charge in [0.05, 0.1) is 23.0 Å². The summed E-state index contributed by atoms with van der Waals surface area (Å²) in [5.74, 6) is 0.0840. The average Bonchev–Trinajstić information content (AvgIpc) is 3.12. The van der Waals surface area contributed by atoms with Crippen LogP contribution >= 0.6 is 0 Å². The van der Waals surface area contributed by atoms with Gasteiger partial charge in [-0.1, -0.05) is 12.1 Å². The zero-order valence-corrected chi connectivity index (χ0v) is 17.2. The Hall–Kier alpha value is -2.73. The number of pyridine rings is 1. The molecule has 0 radical (unpaired) electrons. The molecule has 0 spiro atoms. The predicted molar refractivity (Wildman–Crippen MR) is 111 cm³/mol. The SMILES string of the molecule is Cc1ccc2c(C(=O)N3CCN(C)[C@@H](C)C3)cc(-c3cnn(C)c3)nc2c1C. The number of aryl methyl sites for hydroxylation is 3. The number of hydrogen-bond acceptors (Lipinski definition) is 4. The van der Waals surface area contributed by atoms with Crippen LogP contribution in [0.4, 0.5) is 0 Å². The third-order valence-electron chi connectivity index (χ3n) is 5.98. The zero-order valence-electron chi connectivity index (χ0n) is 17.2. The first-order valence-corrected chi connectivity index (χ1v) is 9.74. The van der Waals surface area contributed by atoms with E-state index in [9.17, 15) is 4.79 Å². The van der Waals surface area contributed by atoms with Crippen molar-refractivity contribution in [3.63, 3.8) is 0 Å². The van der Waals surface area contributed by atoms with Gasteiger partial charge in [0.1, 0.15) is 0 Å². The topological polar surface area (TPSA) is 54.3 Å². The van der Waals surface area contributed by atoms with Gasteiger partial charge in [0, 0.05) is 49.9 Å². The van der Waals surface area contributed by atoms with Crippen LogP contribution in [0.25, 0.3) is 22.2 Å².